The van der Waals surface area contributed by atoms with Gasteiger partial charge in [0.15, 0.2) is 0 Å². The molecule has 4 nitrogen and oxygen atoms in total. The summed E-state index contributed by atoms with van der Waals surface area (Å²) in [6.45, 7) is 1.91. The van der Waals surface area contributed by atoms with Gasteiger partial charge in [-0.1, -0.05) is 60.2 Å². The zero-order chi connectivity index (χ0) is 17.7. The molecule has 3 aromatic rings. The molecule has 126 valence electrons. The van der Waals surface area contributed by atoms with E-state index < -0.39 is 10.0 Å². The first-order chi connectivity index (χ1) is 12.0. The Hall–Kier alpha value is -2.92. The number of rotatable bonds is 5. The molecule has 0 aliphatic heterocycles. The Morgan fingerprint density at radius 2 is 1.48 bits per heavy atom. The topological polar surface area (TPSA) is 58.5 Å². The van der Waals surface area contributed by atoms with E-state index in [1.165, 1.54) is 0 Å². The van der Waals surface area contributed by atoms with E-state index >= 15 is 0 Å². The lowest BCUT2D eigenvalue weighted by atomic mass is 10.2. The average molecular weight is 350 g/mol. The lowest BCUT2D eigenvalue weighted by Crippen LogP contribution is -2.13. The Bertz CT molecular complexity index is 980. The van der Waals surface area contributed by atoms with E-state index in [0.717, 1.165) is 11.1 Å². The van der Waals surface area contributed by atoms with Crippen LogP contribution >= 0.6 is 0 Å². The van der Waals surface area contributed by atoms with Gasteiger partial charge in [0.1, 0.15) is 0 Å². The zero-order valence-electron chi connectivity index (χ0n) is 13.8. The Kier molecular flexibility index (Phi) is 4.95. The van der Waals surface area contributed by atoms with Gasteiger partial charge in [0.2, 0.25) is 0 Å². The first-order valence-corrected chi connectivity index (χ1v) is 9.30. The number of sulfonamides is 1. The zero-order valence-corrected chi connectivity index (χ0v) is 14.6. The molecule has 0 radical (unpaired) electrons. The lowest BCUT2D eigenvalue weighted by Gasteiger charge is -2.10. The van der Waals surface area contributed by atoms with Crippen LogP contribution in [0.3, 0.4) is 0 Å². The Balaban J connectivity index is 1.88. The first kappa shape index (κ1) is 16.9. The average Bonchev–Trinajstić information content (AvgIpc) is 2.62. The van der Waals surface area contributed by atoms with Gasteiger partial charge >= 0.3 is 0 Å². The van der Waals surface area contributed by atoms with Gasteiger partial charge in [-0.15, -0.1) is 0 Å². The van der Waals surface area contributed by atoms with Gasteiger partial charge in [-0.25, -0.2) is 8.42 Å². The largest absolute Gasteiger partial charge is 0.277 e. The molecule has 0 amide bonds. The molecule has 0 aromatic heterocycles. The van der Waals surface area contributed by atoms with Gasteiger partial charge in [0.25, 0.3) is 10.0 Å². The summed E-state index contributed by atoms with van der Waals surface area (Å²) >= 11 is 0. The molecule has 0 aliphatic carbocycles. The highest BCUT2D eigenvalue weighted by molar-refractivity contribution is 7.92. The fourth-order valence-electron chi connectivity index (χ4n) is 2.28. The predicted molar refractivity (Wildman–Crippen MR) is 102 cm³/mol. The van der Waals surface area contributed by atoms with E-state index in [2.05, 4.69) is 9.71 Å². The molecule has 25 heavy (non-hydrogen) atoms. The molecule has 0 saturated heterocycles. The van der Waals surface area contributed by atoms with E-state index in [4.69, 9.17) is 0 Å². The summed E-state index contributed by atoms with van der Waals surface area (Å²) in [5.74, 6) is 0. The van der Waals surface area contributed by atoms with Crippen molar-refractivity contribution in [3.8, 4) is 0 Å². The van der Waals surface area contributed by atoms with Crippen LogP contribution in [0, 0.1) is 6.92 Å². The SMILES string of the molecule is Cc1ccc(S(=O)(=O)Nc2ccccc2/N=C/c2ccccc2)cc1. The van der Waals surface area contributed by atoms with Crippen molar-refractivity contribution in [3.05, 3.63) is 90.0 Å². The molecule has 0 fully saturated rings. The molecular formula is C20H18N2O2S. The minimum absolute atomic E-state index is 0.222. The highest BCUT2D eigenvalue weighted by Crippen LogP contribution is 2.27. The number of aliphatic imine (C=N–C) groups is 1. The van der Waals surface area contributed by atoms with E-state index in [1.54, 1.807) is 48.7 Å². The number of aryl methyl sites for hydroxylation is 1. The van der Waals surface area contributed by atoms with E-state index in [1.807, 2.05) is 43.3 Å². The second kappa shape index (κ2) is 7.32. The molecular weight excluding hydrogens is 332 g/mol. The fraction of sp³-hybridized carbons (Fsp3) is 0.0500. The van der Waals surface area contributed by atoms with Gasteiger partial charge in [0, 0.05) is 6.21 Å². The number of anilines is 1. The monoisotopic (exact) mass is 350 g/mol. The van der Waals surface area contributed by atoms with Crippen LogP contribution in [0.25, 0.3) is 0 Å². The van der Waals surface area contributed by atoms with Crippen molar-refractivity contribution in [2.45, 2.75) is 11.8 Å². The number of hydrogen-bond acceptors (Lipinski definition) is 3. The standard InChI is InChI=1S/C20H18N2O2S/c1-16-11-13-18(14-12-16)25(23,24)22-20-10-6-5-9-19(20)21-15-17-7-3-2-4-8-17/h2-15,22H,1H3/b21-15+. The van der Waals surface area contributed by atoms with Crippen LogP contribution in [-0.4, -0.2) is 14.6 Å². The third-order valence-corrected chi connectivity index (χ3v) is 5.01. The van der Waals surface area contributed by atoms with Crippen molar-refractivity contribution >= 4 is 27.6 Å². The van der Waals surface area contributed by atoms with Crippen LogP contribution in [0.4, 0.5) is 11.4 Å². The molecule has 0 unspecified atom stereocenters. The Morgan fingerprint density at radius 3 is 2.20 bits per heavy atom. The summed E-state index contributed by atoms with van der Waals surface area (Å²) in [6, 6.07) is 23.4. The number of nitrogens with one attached hydrogen (secondary N) is 1. The summed E-state index contributed by atoms with van der Waals surface area (Å²) in [4.78, 5) is 4.64. The molecule has 0 aliphatic rings. The van der Waals surface area contributed by atoms with Crippen molar-refractivity contribution in [1.82, 2.24) is 0 Å². The van der Waals surface area contributed by atoms with Crippen LogP contribution in [0.1, 0.15) is 11.1 Å². The van der Waals surface area contributed by atoms with Gasteiger partial charge < -0.3 is 0 Å². The molecule has 0 spiro atoms. The maximum absolute atomic E-state index is 12.6. The number of hydrogen-bond donors (Lipinski definition) is 1. The van der Waals surface area contributed by atoms with Gasteiger partial charge in [-0.05, 0) is 36.8 Å². The van der Waals surface area contributed by atoms with Crippen molar-refractivity contribution in [2.75, 3.05) is 4.72 Å². The quantitative estimate of drug-likeness (QED) is 0.687. The third kappa shape index (κ3) is 4.33. The molecule has 5 heteroatoms. The molecule has 0 bridgehead atoms. The van der Waals surface area contributed by atoms with Gasteiger partial charge in [-0.2, -0.15) is 0 Å². The van der Waals surface area contributed by atoms with Crippen LogP contribution in [-0.2, 0) is 10.0 Å². The molecule has 0 saturated carbocycles. The lowest BCUT2D eigenvalue weighted by molar-refractivity contribution is 0.601. The van der Waals surface area contributed by atoms with Crippen LogP contribution in [0.2, 0.25) is 0 Å². The van der Waals surface area contributed by atoms with Gasteiger partial charge in [-0.3, -0.25) is 9.71 Å². The minimum atomic E-state index is -3.66. The molecule has 0 heterocycles. The summed E-state index contributed by atoms with van der Waals surface area (Å²) in [5, 5.41) is 0. The maximum Gasteiger partial charge on any atom is 0.261 e. The van der Waals surface area contributed by atoms with Crippen LogP contribution < -0.4 is 4.72 Å². The Morgan fingerprint density at radius 1 is 0.840 bits per heavy atom. The number of benzene rings is 3. The number of para-hydroxylation sites is 2. The maximum atomic E-state index is 12.6. The highest BCUT2D eigenvalue weighted by Gasteiger charge is 2.15. The van der Waals surface area contributed by atoms with E-state index in [9.17, 15) is 8.42 Å². The first-order valence-electron chi connectivity index (χ1n) is 7.82. The summed E-state index contributed by atoms with van der Waals surface area (Å²) in [7, 11) is -3.66. The summed E-state index contributed by atoms with van der Waals surface area (Å²) in [5.41, 5.74) is 2.95. The molecule has 3 rings (SSSR count). The van der Waals surface area contributed by atoms with Crippen molar-refractivity contribution < 1.29 is 8.42 Å². The second-order valence-electron chi connectivity index (χ2n) is 5.60. The van der Waals surface area contributed by atoms with Crippen molar-refractivity contribution in [3.63, 3.8) is 0 Å². The second-order valence-corrected chi connectivity index (χ2v) is 7.29. The van der Waals surface area contributed by atoms with E-state index in [-0.39, 0.29) is 4.90 Å². The Labute approximate surface area is 147 Å². The third-order valence-electron chi connectivity index (χ3n) is 3.63. The van der Waals surface area contributed by atoms with E-state index in [0.29, 0.717) is 11.4 Å². The fourth-order valence-corrected chi connectivity index (χ4v) is 3.35. The summed E-state index contributed by atoms with van der Waals surface area (Å²) in [6.07, 6.45) is 1.71. The molecule has 3 aromatic carbocycles. The van der Waals surface area contributed by atoms with Crippen molar-refractivity contribution in [2.24, 2.45) is 4.99 Å². The predicted octanol–water partition coefficient (Wildman–Crippen LogP) is 4.55. The molecule has 1 N–H and O–H groups in total. The summed E-state index contributed by atoms with van der Waals surface area (Å²) < 4.78 is 27.8. The molecule has 0 atom stereocenters. The minimum Gasteiger partial charge on any atom is -0.277 e. The normalized spacial score (nSPS) is 11.6. The van der Waals surface area contributed by atoms with Gasteiger partial charge in [0.05, 0.1) is 16.3 Å². The van der Waals surface area contributed by atoms with Crippen LogP contribution in [0.5, 0.6) is 0 Å². The highest BCUT2D eigenvalue weighted by atomic mass is 32.2. The smallest absolute Gasteiger partial charge is 0.261 e. The van der Waals surface area contributed by atoms with Crippen molar-refractivity contribution in [1.29, 1.82) is 0 Å². The van der Waals surface area contributed by atoms with Crippen LogP contribution in [0.15, 0.2) is 88.8 Å². The number of nitrogens with zero attached hydrogens (tertiary/aromatic N) is 1.